The minimum absolute atomic E-state index is 0.142. The highest BCUT2D eigenvalue weighted by molar-refractivity contribution is 6.31. The van der Waals surface area contributed by atoms with Gasteiger partial charge in [-0.05, 0) is 54.4 Å². The monoisotopic (exact) mass is 350 g/mol. The number of ether oxygens (including phenoxy) is 2. The Morgan fingerprint density at radius 3 is 2.79 bits per heavy atom. The van der Waals surface area contributed by atoms with Gasteiger partial charge in [-0.25, -0.2) is 9.82 Å². The largest absolute Gasteiger partial charge is 0.494 e. The molecule has 0 aliphatic rings. The molecule has 0 fully saturated rings. The van der Waals surface area contributed by atoms with Gasteiger partial charge in [0, 0.05) is 5.02 Å². The van der Waals surface area contributed by atoms with E-state index in [1.165, 1.54) is 25.5 Å². The molecule has 0 saturated carbocycles. The SMILES string of the molecule is COc1ccc(/C=N\NC(=O)COc2ccc(Cl)c(C)c2)cc1F. The average Bonchev–Trinajstić information content (AvgIpc) is 2.56. The molecule has 0 saturated heterocycles. The molecule has 0 atom stereocenters. The highest BCUT2D eigenvalue weighted by Gasteiger charge is 2.04. The van der Waals surface area contributed by atoms with E-state index < -0.39 is 11.7 Å². The normalized spacial score (nSPS) is 10.7. The molecule has 0 aliphatic carbocycles. The van der Waals surface area contributed by atoms with E-state index in [1.807, 2.05) is 6.92 Å². The zero-order valence-corrected chi connectivity index (χ0v) is 13.9. The average molecular weight is 351 g/mol. The van der Waals surface area contributed by atoms with Crippen molar-refractivity contribution in [3.8, 4) is 11.5 Å². The third kappa shape index (κ3) is 4.96. The van der Waals surface area contributed by atoms with Gasteiger partial charge in [-0.1, -0.05) is 11.6 Å². The molecular formula is C17H16ClFN2O3. The Kier molecular flexibility index (Phi) is 6.14. The molecule has 0 aromatic heterocycles. The van der Waals surface area contributed by atoms with Crippen LogP contribution >= 0.6 is 11.6 Å². The van der Waals surface area contributed by atoms with Crippen LogP contribution < -0.4 is 14.9 Å². The molecule has 0 radical (unpaired) electrons. The van der Waals surface area contributed by atoms with E-state index in [1.54, 1.807) is 24.3 Å². The zero-order chi connectivity index (χ0) is 17.5. The van der Waals surface area contributed by atoms with E-state index >= 15 is 0 Å². The number of halogens is 2. The number of hydrogen-bond donors (Lipinski definition) is 1. The van der Waals surface area contributed by atoms with Gasteiger partial charge in [-0.15, -0.1) is 0 Å². The lowest BCUT2D eigenvalue weighted by atomic mass is 10.2. The standard InChI is InChI=1S/C17H16ClFN2O3/c1-11-7-13(4-5-14(11)18)24-10-17(22)21-20-9-12-3-6-16(23-2)15(19)8-12/h3-9H,10H2,1-2H3,(H,21,22)/b20-9-. The fourth-order valence-corrected chi connectivity index (χ4v) is 1.95. The summed E-state index contributed by atoms with van der Waals surface area (Å²) in [6.45, 7) is 1.64. The molecule has 2 aromatic carbocycles. The minimum atomic E-state index is -0.505. The first-order chi connectivity index (χ1) is 11.5. The van der Waals surface area contributed by atoms with Gasteiger partial charge >= 0.3 is 0 Å². The Balaban J connectivity index is 1.84. The number of carbonyl (C=O) groups excluding carboxylic acids is 1. The van der Waals surface area contributed by atoms with E-state index in [0.717, 1.165) is 5.56 Å². The second kappa shape index (κ2) is 8.31. The van der Waals surface area contributed by atoms with Crippen LogP contribution in [-0.2, 0) is 4.79 Å². The number of hydrogen-bond acceptors (Lipinski definition) is 4. The van der Waals surface area contributed by atoms with Crippen LogP contribution in [0, 0.1) is 12.7 Å². The van der Waals surface area contributed by atoms with Crippen molar-refractivity contribution in [1.29, 1.82) is 0 Å². The molecule has 2 aromatic rings. The Morgan fingerprint density at radius 2 is 2.12 bits per heavy atom. The lowest BCUT2D eigenvalue weighted by molar-refractivity contribution is -0.123. The molecule has 0 unspecified atom stereocenters. The summed E-state index contributed by atoms with van der Waals surface area (Å²) in [4.78, 5) is 11.7. The fraction of sp³-hybridized carbons (Fsp3) is 0.176. The van der Waals surface area contributed by atoms with Crippen molar-refractivity contribution in [3.63, 3.8) is 0 Å². The number of nitrogens with one attached hydrogen (secondary N) is 1. The third-order valence-corrected chi connectivity index (χ3v) is 3.50. The molecule has 7 heteroatoms. The summed E-state index contributed by atoms with van der Waals surface area (Å²) < 4.78 is 23.7. The highest BCUT2D eigenvalue weighted by Crippen LogP contribution is 2.20. The summed E-state index contributed by atoms with van der Waals surface area (Å²) in [7, 11) is 1.38. The molecule has 5 nitrogen and oxygen atoms in total. The molecule has 0 bridgehead atoms. The van der Waals surface area contributed by atoms with Crippen molar-refractivity contribution < 1.29 is 18.7 Å². The smallest absolute Gasteiger partial charge is 0.277 e. The van der Waals surface area contributed by atoms with Gasteiger partial charge in [0.25, 0.3) is 5.91 Å². The predicted molar refractivity (Wildman–Crippen MR) is 90.4 cm³/mol. The molecule has 1 N–H and O–H groups in total. The number of nitrogens with zero attached hydrogens (tertiary/aromatic N) is 1. The number of carbonyl (C=O) groups is 1. The van der Waals surface area contributed by atoms with Crippen LogP contribution in [0.15, 0.2) is 41.5 Å². The van der Waals surface area contributed by atoms with Crippen molar-refractivity contribution in [2.75, 3.05) is 13.7 Å². The molecule has 1 amide bonds. The molecular weight excluding hydrogens is 335 g/mol. The van der Waals surface area contributed by atoms with Gasteiger partial charge < -0.3 is 9.47 Å². The molecule has 0 heterocycles. The predicted octanol–water partition coefficient (Wildman–Crippen LogP) is 3.33. The van der Waals surface area contributed by atoms with Crippen molar-refractivity contribution >= 4 is 23.7 Å². The van der Waals surface area contributed by atoms with Crippen LogP contribution in [0.3, 0.4) is 0 Å². The van der Waals surface area contributed by atoms with Crippen LogP contribution in [0.5, 0.6) is 11.5 Å². The Hall–Kier alpha value is -2.60. The summed E-state index contributed by atoms with van der Waals surface area (Å²) in [6.07, 6.45) is 1.33. The van der Waals surface area contributed by atoms with Gasteiger partial charge in [0.2, 0.25) is 0 Å². The van der Waals surface area contributed by atoms with Crippen LogP contribution in [0.1, 0.15) is 11.1 Å². The Labute approximate surface area is 144 Å². The second-order valence-corrected chi connectivity index (χ2v) is 5.29. The summed E-state index contributed by atoms with van der Waals surface area (Å²) in [6, 6.07) is 9.45. The number of rotatable bonds is 6. The van der Waals surface area contributed by atoms with Crippen molar-refractivity contribution in [2.24, 2.45) is 5.10 Å². The van der Waals surface area contributed by atoms with Crippen LogP contribution in [0.25, 0.3) is 0 Å². The maximum atomic E-state index is 13.5. The van der Waals surface area contributed by atoms with Gasteiger partial charge in [0.05, 0.1) is 13.3 Å². The maximum absolute atomic E-state index is 13.5. The lowest BCUT2D eigenvalue weighted by Crippen LogP contribution is -2.24. The maximum Gasteiger partial charge on any atom is 0.277 e. The zero-order valence-electron chi connectivity index (χ0n) is 13.2. The number of methoxy groups -OCH3 is 1. The number of hydrazone groups is 1. The minimum Gasteiger partial charge on any atom is -0.494 e. The summed E-state index contributed by atoms with van der Waals surface area (Å²) >= 11 is 5.91. The van der Waals surface area contributed by atoms with Crippen molar-refractivity contribution in [3.05, 3.63) is 58.4 Å². The van der Waals surface area contributed by atoms with E-state index in [0.29, 0.717) is 16.3 Å². The van der Waals surface area contributed by atoms with Crippen molar-refractivity contribution in [1.82, 2.24) is 5.43 Å². The molecule has 126 valence electrons. The number of benzene rings is 2. The first-order valence-electron chi connectivity index (χ1n) is 7.04. The molecule has 24 heavy (non-hydrogen) atoms. The summed E-state index contributed by atoms with van der Waals surface area (Å²) in [5.74, 6) is -0.266. The number of amides is 1. The molecule has 2 rings (SSSR count). The van der Waals surface area contributed by atoms with Crippen LogP contribution in [-0.4, -0.2) is 25.8 Å². The van der Waals surface area contributed by atoms with Gasteiger partial charge in [0.1, 0.15) is 5.75 Å². The van der Waals surface area contributed by atoms with Crippen molar-refractivity contribution in [2.45, 2.75) is 6.92 Å². The van der Waals surface area contributed by atoms with E-state index in [-0.39, 0.29) is 12.4 Å². The molecule has 0 aliphatic heterocycles. The first-order valence-corrected chi connectivity index (χ1v) is 7.42. The quantitative estimate of drug-likeness (QED) is 0.642. The van der Waals surface area contributed by atoms with Gasteiger partial charge in [0.15, 0.2) is 18.2 Å². The van der Waals surface area contributed by atoms with Crippen LogP contribution in [0.2, 0.25) is 5.02 Å². The lowest BCUT2D eigenvalue weighted by Gasteiger charge is -2.06. The topological polar surface area (TPSA) is 59.9 Å². The van der Waals surface area contributed by atoms with Gasteiger partial charge in [-0.3, -0.25) is 4.79 Å². The fourth-order valence-electron chi connectivity index (χ4n) is 1.83. The van der Waals surface area contributed by atoms with E-state index in [4.69, 9.17) is 21.1 Å². The summed E-state index contributed by atoms with van der Waals surface area (Å²) in [5, 5.41) is 4.38. The second-order valence-electron chi connectivity index (χ2n) is 4.89. The highest BCUT2D eigenvalue weighted by atomic mass is 35.5. The number of aryl methyl sites for hydroxylation is 1. The Morgan fingerprint density at radius 1 is 1.33 bits per heavy atom. The van der Waals surface area contributed by atoms with Crippen LogP contribution in [0.4, 0.5) is 4.39 Å². The molecule has 0 spiro atoms. The van der Waals surface area contributed by atoms with Gasteiger partial charge in [-0.2, -0.15) is 5.10 Å². The summed E-state index contributed by atoms with van der Waals surface area (Å²) in [5.41, 5.74) is 3.65. The van der Waals surface area contributed by atoms with E-state index in [9.17, 15) is 9.18 Å². The third-order valence-electron chi connectivity index (χ3n) is 3.08. The Bertz CT molecular complexity index is 765. The first kappa shape index (κ1) is 17.7. The van der Waals surface area contributed by atoms with E-state index in [2.05, 4.69) is 10.5 Å².